The van der Waals surface area contributed by atoms with Gasteiger partial charge in [-0.1, -0.05) is 0 Å². The second-order valence-electron chi connectivity index (χ2n) is 5.80. The van der Waals surface area contributed by atoms with Crippen LogP contribution >= 0.6 is 0 Å². The lowest BCUT2D eigenvalue weighted by molar-refractivity contribution is -0.384. The minimum atomic E-state index is -0.432. The highest BCUT2D eigenvalue weighted by Crippen LogP contribution is 2.30. The smallest absolute Gasteiger partial charge is 0.293 e. The maximum Gasteiger partial charge on any atom is 0.293 e. The topological polar surface area (TPSA) is 75.9 Å². The second kappa shape index (κ2) is 7.21. The first-order valence-electron chi connectivity index (χ1n) is 8.00. The molecule has 7 heteroatoms. The van der Waals surface area contributed by atoms with E-state index in [-0.39, 0.29) is 5.69 Å². The monoisotopic (exact) mass is 341 g/mol. The number of rotatable bonds is 5. The summed E-state index contributed by atoms with van der Waals surface area (Å²) in [7, 11) is 1.64. The SMILES string of the molecule is COc1ccc(N2CCN(c3ccc(C=O)cc3[N+](=O)[O-])CC2)cc1. The van der Waals surface area contributed by atoms with Crippen molar-refractivity contribution in [2.45, 2.75) is 0 Å². The first-order valence-corrected chi connectivity index (χ1v) is 8.00. The molecule has 1 saturated heterocycles. The van der Waals surface area contributed by atoms with Crippen LogP contribution in [-0.2, 0) is 0 Å². The zero-order valence-electron chi connectivity index (χ0n) is 13.9. The highest BCUT2D eigenvalue weighted by Gasteiger charge is 2.24. The maximum absolute atomic E-state index is 11.3. The lowest BCUT2D eigenvalue weighted by Gasteiger charge is -2.37. The Kier molecular flexibility index (Phi) is 4.83. The molecule has 0 saturated carbocycles. The molecule has 0 N–H and O–H groups in total. The number of hydrogen-bond acceptors (Lipinski definition) is 6. The van der Waals surface area contributed by atoms with E-state index < -0.39 is 4.92 Å². The van der Waals surface area contributed by atoms with Crippen molar-refractivity contribution in [2.75, 3.05) is 43.1 Å². The largest absolute Gasteiger partial charge is 0.497 e. The van der Waals surface area contributed by atoms with E-state index >= 15 is 0 Å². The molecule has 2 aromatic carbocycles. The number of ether oxygens (including phenoxy) is 1. The molecule has 1 fully saturated rings. The van der Waals surface area contributed by atoms with E-state index in [2.05, 4.69) is 4.90 Å². The Bertz CT molecular complexity index is 768. The van der Waals surface area contributed by atoms with Crippen molar-refractivity contribution in [3.05, 3.63) is 58.1 Å². The van der Waals surface area contributed by atoms with Gasteiger partial charge in [-0.15, -0.1) is 0 Å². The van der Waals surface area contributed by atoms with Crippen molar-refractivity contribution in [2.24, 2.45) is 0 Å². The van der Waals surface area contributed by atoms with Crippen LogP contribution in [0.4, 0.5) is 17.1 Å². The minimum Gasteiger partial charge on any atom is -0.497 e. The number of anilines is 2. The van der Waals surface area contributed by atoms with Crippen LogP contribution in [0.2, 0.25) is 0 Å². The molecular formula is C18H19N3O4. The van der Waals surface area contributed by atoms with Gasteiger partial charge >= 0.3 is 0 Å². The zero-order valence-corrected chi connectivity index (χ0v) is 13.9. The fourth-order valence-electron chi connectivity index (χ4n) is 3.03. The van der Waals surface area contributed by atoms with Crippen LogP contribution in [-0.4, -0.2) is 44.5 Å². The number of aldehydes is 1. The highest BCUT2D eigenvalue weighted by atomic mass is 16.6. The van der Waals surface area contributed by atoms with Gasteiger partial charge in [0.2, 0.25) is 0 Å². The molecule has 2 aromatic rings. The maximum atomic E-state index is 11.3. The number of nitro groups is 1. The Hall–Kier alpha value is -3.09. The Morgan fingerprint density at radius 1 is 1.04 bits per heavy atom. The first-order chi connectivity index (χ1) is 12.1. The van der Waals surface area contributed by atoms with E-state index in [4.69, 9.17) is 4.74 Å². The normalized spacial score (nSPS) is 14.3. The van der Waals surface area contributed by atoms with Crippen LogP contribution < -0.4 is 14.5 Å². The number of piperazine rings is 1. The van der Waals surface area contributed by atoms with E-state index in [9.17, 15) is 14.9 Å². The molecule has 0 atom stereocenters. The third-order valence-corrected chi connectivity index (χ3v) is 4.39. The standard InChI is InChI=1S/C18H19N3O4/c1-25-16-5-3-15(4-6-16)19-8-10-20(11-9-19)17-7-2-14(13-22)12-18(17)21(23)24/h2-7,12-13H,8-11H2,1H3. The molecule has 1 aliphatic rings. The molecule has 0 aliphatic carbocycles. The Balaban J connectivity index is 1.73. The number of carbonyl (C=O) groups excluding carboxylic acids is 1. The van der Waals surface area contributed by atoms with Crippen molar-refractivity contribution >= 4 is 23.3 Å². The van der Waals surface area contributed by atoms with Crippen LogP contribution in [0.25, 0.3) is 0 Å². The van der Waals surface area contributed by atoms with Crippen molar-refractivity contribution in [3.63, 3.8) is 0 Å². The molecule has 0 aromatic heterocycles. The molecular weight excluding hydrogens is 322 g/mol. The van der Waals surface area contributed by atoms with Gasteiger partial charge in [0.25, 0.3) is 5.69 Å². The van der Waals surface area contributed by atoms with Gasteiger partial charge in [-0.2, -0.15) is 0 Å². The molecule has 1 aliphatic heterocycles. The van der Waals surface area contributed by atoms with Crippen molar-refractivity contribution in [3.8, 4) is 5.75 Å². The van der Waals surface area contributed by atoms with Crippen LogP contribution in [0, 0.1) is 10.1 Å². The van der Waals surface area contributed by atoms with Gasteiger partial charge in [-0.25, -0.2) is 0 Å². The summed E-state index contributed by atoms with van der Waals surface area (Å²) in [5, 5.41) is 11.3. The zero-order chi connectivity index (χ0) is 17.8. The molecule has 130 valence electrons. The number of nitro benzene ring substituents is 1. The fourth-order valence-corrected chi connectivity index (χ4v) is 3.03. The number of methoxy groups -OCH3 is 1. The first kappa shape index (κ1) is 16.8. The Morgan fingerprint density at radius 2 is 1.68 bits per heavy atom. The van der Waals surface area contributed by atoms with E-state index in [1.165, 1.54) is 6.07 Å². The number of nitrogens with zero attached hydrogens (tertiary/aromatic N) is 3. The average Bonchev–Trinajstić information content (AvgIpc) is 2.67. The fraction of sp³-hybridized carbons (Fsp3) is 0.278. The van der Waals surface area contributed by atoms with Crippen molar-refractivity contribution in [1.29, 1.82) is 0 Å². The highest BCUT2D eigenvalue weighted by molar-refractivity contribution is 5.79. The van der Waals surface area contributed by atoms with Gasteiger partial charge in [0, 0.05) is 43.5 Å². The molecule has 0 radical (unpaired) electrons. The lowest BCUT2D eigenvalue weighted by Crippen LogP contribution is -2.46. The average molecular weight is 341 g/mol. The third kappa shape index (κ3) is 3.55. The van der Waals surface area contributed by atoms with Gasteiger partial charge in [0.05, 0.1) is 12.0 Å². The summed E-state index contributed by atoms with van der Waals surface area (Å²) < 4.78 is 5.17. The second-order valence-corrected chi connectivity index (χ2v) is 5.80. The molecule has 0 amide bonds. The lowest BCUT2D eigenvalue weighted by atomic mass is 10.1. The minimum absolute atomic E-state index is 0.0255. The predicted octanol–water partition coefficient (Wildman–Crippen LogP) is 2.74. The van der Waals surface area contributed by atoms with E-state index in [0.29, 0.717) is 30.6 Å². The van der Waals surface area contributed by atoms with Gasteiger partial charge < -0.3 is 14.5 Å². The molecule has 0 unspecified atom stereocenters. The summed E-state index contributed by atoms with van der Waals surface area (Å²) in [4.78, 5) is 26.0. The number of benzene rings is 2. The Morgan fingerprint density at radius 3 is 2.24 bits per heavy atom. The molecule has 0 bridgehead atoms. The summed E-state index contributed by atoms with van der Waals surface area (Å²) in [6.45, 7) is 2.87. The quantitative estimate of drug-likeness (QED) is 0.473. The number of hydrogen-bond donors (Lipinski definition) is 0. The van der Waals surface area contributed by atoms with Crippen molar-refractivity contribution < 1.29 is 14.5 Å². The van der Waals surface area contributed by atoms with Crippen LogP contribution in [0.15, 0.2) is 42.5 Å². The predicted molar refractivity (Wildman–Crippen MR) is 95.9 cm³/mol. The van der Waals surface area contributed by atoms with E-state index in [1.54, 1.807) is 19.2 Å². The summed E-state index contributed by atoms with van der Waals surface area (Å²) in [5.74, 6) is 0.813. The molecule has 0 spiro atoms. The molecule has 1 heterocycles. The van der Waals surface area contributed by atoms with Gasteiger partial charge in [0.15, 0.2) is 0 Å². The summed E-state index contributed by atoms with van der Waals surface area (Å²) >= 11 is 0. The summed E-state index contributed by atoms with van der Waals surface area (Å²) in [5.41, 5.74) is 1.95. The third-order valence-electron chi connectivity index (χ3n) is 4.39. The molecule has 25 heavy (non-hydrogen) atoms. The van der Waals surface area contributed by atoms with Gasteiger partial charge in [-0.05, 0) is 36.4 Å². The molecule has 3 rings (SSSR count). The van der Waals surface area contributed by atoms with E-state index in [1.807, 2.05) is 29.2 Å². The van der Waals surface area contributed by atoms with Crippen LogP contribution in [0.5, 0.6) is 5.75 Å². The number of carbonyl (C=O) groups is 1. The van der Waals surface area contributed by atoms with Gasteiger partial charge in [0.1, 0.15) is 17.7 Å². The van der Waals surface area contributed by atoms with Crippen molar-refractivity contribution in [1.82, 2.24) is 0 Å². The van der Waals surface area contributed by atoms with Gasteiger partial charge in [-0.3, -0.25) is 14.9 Å². The van der Waals surface area contributed by atoms with E-state index in [0.717, 1.165) is 24.5 Å². The van der Waals surface area contributed by atoms with Crippen LogP contribution in [0.3, 0.4) is 0 Å². The Labute approximate surface area is 145 Å². The summed E-state index contributed by atoms with van der Waals surface area (Å²) in [6, 6.07) is 12.5. The summed E-state index contributed by atoms with van der Waals surface area (Å²) in [6.07, 6.45) is 0.623. The van der Waals surface area contributed by atoms with Crippen LogP contribution in [0.1, 0.15) is 10.4 Å². The molecule has 7 nitrogen and oxygen atoms in total.